The summed E-state index contributed by atoms with van der Waals surface area (Å²) in [5, 5.41) is 7.28. The van der Waals surface area contributed by atoms with Crippen LogP contribution in [0.3, 0.4) is 0 Å². The third-order valence-corrected chi connectivity index (χ3v) is 4.10. The van der Waals surface area contributed by atoms with Gasteiger partial charge in [0.15, 0.2) is 0 Å². The van der Waals surface area contributed by atoms with Crippen LogP contribution < -0.4 is 0 Å². The Morgan fingerprint density at radius 3 is 2.89 bits per heavy atom. The molecule has 0 N–H and O–H groups in total. The molecule has 2 aromatic rings. The van der Waals surface area contributed by atoms with Gasteiger partial charge < -0.3 is 4.52 Å². The first kappa shape index (κ1) is 14.2. The van der Waals surface area contributed by atoms with Crippen LogP contribution >= 0.6 is 11.3 Å². The Morgan fingerprint density at radius 1 is 1.42 bits per heavy atom. The fraction of sp³-hybridized carbons (Fsp3) is 0.571. The minimum Gasteiger partial charge on any atom is -0.364 e. The Balaban J connectivity index is 1.96. The molecule has 0 saturated heterocycles. The number of hydrogen-bond acceptors (Lipinski definition) is 5. The van der Waals surface area contributed by atoms with Crippen LogP contribution in [0, 0.1) is 0 Å². The fourth-order valence-electron chi connectivity index (χ4n) is 2.05. The molecule has 0 aliphatic rings. The molecule has 0 saturated carbocycles. The standard InChI is InChI=1S/C14H21N3OS/c1-4-13-12(10-18-16-13)9-17(11(2)3)7-5-14-15-6-8-19-14/h6,8,10-11H,4-5,7,9H2,1-3H3. The molecular weight excluding hydrogens is 258 g/mol. The Morgan fingerprint density at radius 2 is 2.26 bits per heavy atom. The van der Waals surface area contributed by atoms with Crippen molar-refractivity contribution >= 4 is 11.3 Å². The van der Waals surface area contributed by atoms with E-state index in [9.17, 15) is 0 Å². The number of aromatic nitrogens is 2. The molecule has 0 unspecified atom stereocenters. The average Bonchev–Trinajstić information content (AvgIpc) is 3.05. The first-order valence-corrected chi connectivity index (χ1v) is 7.63. The second kappa shape index (κ2) is 6.82. The average molecular weight is 279 g/mol. The Labute approximate surface area is 118 Å². The molecular formula is C14H21N3OS. The van der Waals surface area contributed by atoms with E-state index in [0.29, 0.717) is 6.04 Å². The van der Waals surface area contributed by atoms with Crippen LogP contribution in [-0.4, -0.2) is 27.6 Å². The lowest BCUT2D eigenvalue weighted by molar-refractivity contribution is 0.214. The lowest BCUT2D eigenvalue weighted by Gasteiger charge is -2.25. The van der Waals surface area contributed by atoms with Gasteiger partial charge in [0.25, 0.3) is 0 Å². The van der Waals surface area contributed by atoms with E-state index in [0.717, 1.165) is 31.6 Å². The van der Waals surface area contributed by atoms with Crippen molar-refractivity contribution in [2.45, 2.75) is 46.2 Å². The van der Waals surface area contributed by atoms with Crippen molar-refractivity contribution in [1.82, 2.24) is 15.0 Å². The zero-order valence-electron chi connectivity index (χ0n) is 11.8. The Kier molecular flexibility index (Phi) is 5.10. The minimum atomic E-state index is 0.500. The van der Waals surface area contributed by atoms with Crippen LogP contribution in [0.15, 0.2) is 22.4 Å². The summed E-state index contributed by atoms with van der Waals surface area (Å²) in [6.07, 6.45) is 5.57. The van der Waals surface area contributed by atoms with Gasteiger partial charge in [-0.2, -0.15) is 0 Å². The molecule has 2 heterocycles. The van der Waals surface area contributed by atoms with Gasteiger partial charge in [-0.25, -0.2) is 4.98 Å². The van der Waals surface area contributed by atoms with E-state index in [1.54, 1.807) is 17.6 Å². The van der Waals surface area contributed by atoms with Crippen LogP contribution in [0.2, 0.25) is 0 Å². The third kappa shape index (κ3) is 3.88. The summed E-state index contributed by atoms with van der Waals surface area (Å²) in [7, 11) is 0. The van der Waals surface area contributed by atoms with E-state index >= 15 is 0 Å². The van der Waals surface area contributed by atoms with E-state index in [1.165, 1.54) is 10.6 Å². The summed E-state index contributed by atoms with van der Waals surface area (Å²) in [6, 6.07) is 0.500. The van der Waals surface area contributed by atoms with E-state index < -0.39 is 0 Å². The highest BCUT2D eigenvalue weighted by molar-refractivity contribution is 7.09. The van der Waals surface area contributed by atoms with Gasteiger partial charge in [0.2, 0.25) is 0 Å². The molecule has 0 aliphatic heterocycles. The molecule has 0 spiro atoms. The lowest BCUT2D eigenvalue weighted by atomic mass is 10.1. The van der Waals surface area contributed by atoms with Crippen molar-refractivity contribution in [2.24, 2.45) is 0 Å². The first-order chi connectivity index (χ1) is 9.20. The highest BCUT2D eigenvalue weighted by Gasteiger charge is 2.14. The second-order valence-corrected chi connectivity index (χ2v) is 5.86. The Bertz CT molecular complexity index is 479. The van der Waals surface area contributed by atoms with E-state index in [4.69, 9.17) is 4.52 Å². The summed E-state index contributed by atoms with van der Waals surface area (Å²) in [6.45, 7) is 8.47. The van der Waals surface area contributed by atoms with Crippen LogP contribution in [-0.2, 0) is 19.4 Å². The van der Waals surface area contributed by atoms with Crippen molar-refractivity contribution in [3.63, 3.8) is 0 Å². The first-order valence-electron chi connectivity index (χ1n) is 6.75. The number of nitrogens with zero attached hydrogens (tertiary/aromatic N) is 3. The summed E-state index contributed by atoms with van der Waals surface area (Å²) in [5.41, 5.74) is 2.27. The van der Waals surface area contributed by atoms with E-state index in [-0.39, 0.29) is 0 Å². The summed E-state index contributed by atoms with van der Waals surface area (Å²) in [5.74, 6) is 0. The highest BCUT2D eigenvalue weighted by Crippen LogP contribution is 2.14. The predicted molar refractivity (Wildman–Crippen MR) is 77.2 cm³/mol. The molecule has 2 aromatic heterocycles. The lowest BCUT2D eigenvalue weighted by Crippen LogP contribution is -2.32. The zero-order chi connectivity index (χ0) is 13.7. The van der Waals surface area contributed by atoms with Crippen molar-refractivity contribution in [3.05, 3.63) is 34.1 Å². The van der Waals surface area contributed by atoms with Crippen LogP contribution in [0.4, 0.5) is 0 Å². The van der Waals surface area contributed by atoms with Crippen molar-refractivity contribution < 1.29 is 4.52 Å². The summed E-state index contributed by atoms with van der Waals surface area (Å²) < 4.78 is 5.08. The largest absolute Gasteiger partial charge is 0.364 e. The van der Waals surface area contributed by atoms with Gasteiger partial charge in [-0.1, -0.05) is 12.1 Å². The Hall–Kier alpha value is -1.20. The minimum absolute atomic E-state index is 0.500. The molecule has 4 nitrogen and oxygen atoms in total. The van der Waals surface area contributed by atoms with Gasteiger partial charge >= 0.3 is 0 Å². The molecule has 19 heavy (non-hydrogen) atoms. The molecule has 0 amide bonds. The molecule has 0 fully saturated rings. The number of rotatable bonds is 7. The normalized spacial score (nSPS) is 11.6. The maximum absolute atomic E-state index is 5.08. The van der Waals surface area contributed by atoms with Gasteiger partial charge in [-0.05, 0) is 20.3 Å². The van der Waals surface area contributed by atoms with E-state index in [1.807, 2.05) is 11.6 Å². The number of hydrogen-bond donors (Lipinski definition) is 0. The summed E-state index contributed by atoms with van der Waals surface area (Å²) >= 11 is 1.72. The van der Waals surface area contributed by atoms with Gasteiger partial charge in [0, 0.05) is 42.7 Å². The summed E-state index contributed by atoms with van der Waals surface area (Å²) in [4.78, 5) is 6.78. The third-order valence-electron chi connectivity index (χ3n) is 3.26. The van der Waals surface area contributed by atoms with Gasteiger partial charge in [0.1, 0.15) is 6.26 Å². The maximum Gasteiger partial charge on any atom is 0.128 e. The fourth-order valence-corrected chi connectivity index (χ4v) is 2.66. The van der Waals surface area contributed by atoms with Gasteiger partial charge in [0.05, 0.1) is 10.7 Å². The quantitative estimate of drug-likeness (QED) is 0.781. The SMILES string of the molecule is CCc1nocc1CN(CCc1nccs1)C(C)C. The predicted octanol–water partition coefficient (Wildman–Crippen LogP) is 3.15. The molecule has 0 aliphatic carbocycles. The van der Waals surface area contributed by atoms with Crippen LogP contribution in [0.25, 0.3) is 0 Å². The van der Waals surface area contributed by atoms with Gasteiger partial charge in [-0.3, -0.25) is 4.90 Å². The second-order valence-electron chi connectivity index (χ2n) is 4.88. The smallest absolute Gasteiger partial charge is 0.128 e. The molecule has 0 radical (unpaired) electrons. The molecule has 0 atom stereocenters. The topological polar surface area (TPSA) is 42.2 Å². The van der Waals surface area contributed by atoms with Crippen LogP contribution in [0.5, 0.6) is 0 Å². The molecule has 104 valence electrons. The van der Waals surface area contributed by atoms with Crippen molar-refractivity contribution in [2.75, 3.05) is 6.54 Å². The number of thiazole rings is 1. The molecule has 2 rings (SSSR count). The maximum atomic E-state index is 5.08. The van der Waals surface area contributed by atoms with Gasteiger partial charge in [-0.15, -0.1) is 11.3 Å². The van der Waals surface area contributed by atoms with Crippen molar-refractivity contribution in [1.29, 1.82) is 0 Å². The highest BCUT2D eigenvalue weighted by atomic mass is 32.1. The zero-order valence-corrected chi connectivity index (χ0v) is 12.6. The van der Waals surface area contributed by atoms with Crippen molar-refractivity contribution in [3.8, 4) is 0 Å². The molecule has 0 aromatic carbocycles. The number of aryl methyl sites for hydroxylation is 1. The molecule has 0 bridgehead atoms. The van der Waals surface area contributed by atoms with E-state index in [2.05, 4.69) is 35.8 Å². The van der Waals surface area contributed by atoms with Crippen LogP contribution in [0.1, 0.15) is 37.0 Å². The monoisotopic (exact) mass is 279 g/mol. The molecule has 5 heteroatoms.